The third kappa shape index (κ3) is 2.99. The van der Waals surface area contributed by atoms with Crippen LogP contribution in [0, 0.1) is 5.41 Å². The Morgan fingerprint density at radius 1 is 1.61 bits per heavy atom. The molecule has 4 nitrogen and oxygen atoms in total. The minimum absolute atomic E-state index is 0. The molecule has 0 aliphatic carbocycles. The number of hydrogen-bond acceptors (Lipinski definition) is 2. The summed E-state index contributed by atoms with van der Waals surface area (Å²) >= 11 is 5.80. The molecule has 0 bridgehead atoms. The zero-order valence-corrected chi connectivity index (χ0v) is 12.1. The minimum atomic E-state index is -0.0374. The van der Waals surface area contributed by atoms with Gasteiger partial charge in [-0.2, -0.15) is 0 Å². The molecule has 1 fully saturated rings. The zero-order valence-electron chi connectivity index (χ0n) is 10.6. The van der Waals surface area contributed by atoms with Crippen molar-refractivity contribution in [3.05, 3.63) is 23.0 Å². The molecule has 1 aliphatic rings. The van der Waals surface area contributed by atoms with Crippen molar-refractivity contribution in [1.82, 2.24) is 9.88 Å². The third-order valence-corrected chi connectivity index (χ3v) is 3.70. The molecule has 1 aromatic rings. The summed E-state index contributed by atoms with van der Waals surface area (Å²) in [7, 11) is 0. The fourth-order valence-corrected chi connectivity index (χ4v) is 2.37. The largest absolute Gasteiger partial charge is 0.356 e. The first-order chi connectivity index (χ1) is 7.90. The molecular weight excluding hydrogens is 273 g/mol. The SMILES string of the molecule is CC1(C)CN(C(=O)c2cc(Cl)c[nH]2)CCC1N.Cl. The summed E-state index contributed by atoms with van der Waals surface area (Å²) in [5, 5.41) is 0.557. The average molecular weight is 292 g/mol. The zero-order chi connectivity index (χ0) is 12.6. The summed E-state index contributed by atoms with van der Waals surface area (Å²) < 4.78 is 0. The number of H-pyrrole nitrogens is 1. The highest BCUT2D eigenvalue weighted by Crippen LogP contribution is 2.28. The van der Waals surface area contributed by atoms with Crippen LogP contribution < -0.4 is 5.73 Å². The Morgan fingerprint density at radius 3 is 2.78 bits per heavy atom. The predicted molar refractivity (Wildman–Crippen MR) is 75.3 cm³/mol. The molecule has 1 saturated heterocycles. The van der Waals surface area contributed by atoms with Gasteiger partial charge in [0.15, 0.2) is 0 Å². The molecule has 0 radical (unpaired) electrons. The van der Waals surface area contributed by atoms with Crippen LogP contribution in [0.15, 0.2) is 12.3 Å². The van der Waals surface area contributed by atoms with Gasteiger partial charge in [0.2, 0.25) is 0 Å². The summed E-state index contributed by atoms with van der Waals surface area (Å²) in [6, 6.07) is 1.81. The van der Waals surface area contributed by atoms with Gasteiger partial charge in [-0.25, -0.2) is 0 Å². The number of piperidine rings is 1. The van der Waals surface area contributed by atoms with Gasteiger partial charge in [0.1, 0.15) is 5.69 Å². The Balaban J connectivity index is 0.00000162. The van der Waals surface area contributed by atoms with Crippen molar-refractivity contribution < 1.29 is 4.79 Å². The number of aromatic amines is 1. The molecule has 2 heterocycles. The summed E-state index contributed by atoms with van der Waals surface area (Å²) in [6.07, 6.45) is 2.46. The van der Waals surface area contributed by atoms with Gasteiger partial charge in [-0.3, -0.25) is 4.79 Å². The molecule has 0 spiro atoms. The van der Waals surface area contributed by atoms with Gasteiger partial charge < -0.3 is 15.6 Å². The molecule has 2 rings (SSSR count). The summed E-state index contributed by atoms with van der Waals surface area (Å²) in [5.74, 6) is -0.00289. The van der Waals surface area contributed by atoms with E-state index < -0.39 is 0 Å². The Bertz CT molecular complexity index is 431. The smallest absolute Gasteiger partial charge is 0.270 e. The van der Waals surface area contributed by atoms with Crippen molar-refractivity contribution in [3.8, 4) is 0 Å². The molecule has 6 heteroatoms. The number of hydrogen-bond donors (Lipinski definition) is 2. The monoisotopic (exact) mass is 291 g/mol. The van der Waals surface area contributed by atoms with Gasteiger partial charge in [-0.15, -0.1) is 12.4 Å². The highest BCUT2D eigenvalue weighted by molar-refractivity contribution is 6.30. The molecule has 3 N–H and O–H groups in total. The Kier molecular flexibility index (Phi) is 4.70. The second-order valence-electron chi connectivity index (χ2n) is 5.34. The number of likely N-dealkylation sites (tertiary alicyclic amines) is 1. The molecule has 18 heavy (non-hydrogen) atoms. The Hall–Kier alpha value is -0.710. The van der Waals surface area contributed by atoms with E-state index in [1.54, 1.807) is 12.3 Å². The fourth-order valence-electron chi connectivity index (χ4n) is 2.21. The minimum Gasteiger partial charge on any atom is -0.356 e. The van der Waals surface area contributed by atoms with Crippen molar-refractivity contribution in [2.75, 3.05) is 13.1 Å². The fraction of sp³-hybridized carbons (Fsp3) is 0.583. The van der Waals surface area contributed by atoms with Crippen molar-refractivity contribution in [1.29, 1.82) is 0 Å². The van der Waals surface area contributed by atoms with Gasteiger partial charge >= 0.3 is 0 Å². The molecule has 1 amide bonds. The lowest BCUT2D eigenvalue weighted by Gasteiger charge is -2.42. The molecule has 0 saturated carbocycles. The van der Waals surface area contributed by atoms with E-state index in [1.807, 2.05) is 4.90 Å². The second kappa shape index (κ2) is 5.51. The molecular formula is C12H19Cl2N3O. The van der Waals surface area contributed by atoms with Crippen LogP contribution in [-0.4, -0.2) is 34.9 Å². The van der Waals surface area contributed by atoms with Gasteiger partial charge in [0.05, 0.1) is 5.02 Å². The number of halogens is 2. The number of carbonyl (C=O) groups is 1. The predicted octanol–water partition coefficient (Wildman–Crippen LogP) is 2.29. The van der Waals surface area contributed by atoms with E-state index in [2.05, 4.69) is 18.8 Å². The van der Waals surface area contributed by atoms with Crippen LogP contribution in [0.1, 0.15) is 30.8 Å². The third-order valence-electron chi connectivity index (χ3n) is 3.48. The lowest BCUT2D eigenvalue weighted by atomic mass is 9.79. The van der Waals surface area contributed by atoms with E-state index in [1.165, 1.54) is 0 Å². The van der Waals surface area contributed by atoms with Crippen LogP contribution in [0.5, 0.6) is 0 Å². The second-order valence-corrected chi connectivity index (χ2v) is 5.78. The molecule has 0 aromatic carbocycles. The number of rotatable bonds is 1. The van der Waals surface area contributed by atoms with Crippen molar-refractivity contribution in [3.63, 3.8) is 0 Å². The number of aromatic nitrogens is 1. The molecule has 1 aliphatic heterocycles. The van der Waals surface area contributed by atoms with Crippen molar-refractivity contribution in [2.24, 2.45) is 11.1 Å². The normalized spacial score (nSPS) is 22.4. The van der Waals surface area contributed by atoms with Crippen molar-refractivity contribution >= 4 is 29.9 Å². The summed E-state index contributed by atoms with van der Waals surface area (Å²) in [4.78, 5) is 16.9. The quantitative estimate of drug-likeness (QED) is 0.834. The van der Waals surface area contributed by atoms with E-state index >= 15 is 0 Å². The Labute approximate surface area is 118 Å². The lowest BCUT2D eigenvalue weighted by Crippen LogP contribution is -2.54. The van der Waals surface area contributed by atoms with E-state index in [-0.39, 0.29) is 29.8 Å². The Morgan fingerprint density at radius 2 is 2.28 bits per heavy atom. The number of amides is 1. The summed E-state index contributed by atoms with van der Waals surface area (Å²) in [6.45, 7) is 5.58. The maximum Gasteiger partial charge on any atom is 0.270 e. The first-order valence-electron chi connectivity index (χ1n) is 5.79. The number of nitrogens with zero attached hydrogens (tertiary/aromatic N) is 1. The van der Waals surface area contributed by atoms with Gasteiger partial charge in [0, 0.05) is 25.3 Å². The van der Waals surface area contributed by atoms with Crippen LogP contribution in [0.25, 0.3) is 0 Å². The van der Waals surface area contributed by atoms with E-state index in [4.69, 9.17) is 17.3 Å². The highest BCUT2D eigenvalue weighted by Gasteiger charge is 2.35. The standard InChI is InChI=1S/C12H18ClN3O.ClH/c1-12(2)7-16(4-3-10(12)14)11(17)9-5-8(13)6-15-9;/h5-6,10,15H,3-4,7,14H2,1-2H3;1H. The molecule has 102 valence electrons. The van der Waals surface area contributed by atoms with E-state index in [9.17, 15) is 4.79 Å². The van der Waals surface area contributed by atoms with Gasteiger partial charge in [0.25, 0.3) is 5.91 Å². The van der Waals surface area contributed by atoms with Gasteiger partial charge in [-0.05, 0) is 17.9 Å². The van der Waals surface area contributed by atoms with Crippen LogP contribution in [0.4, 0.5) is 0 Å². The first-order valence-corrected chi connectivity index (χ1v) is 6.17. The van der Waals surface area contributed by atoms with E-state index in [0.717, 1.165) is 6.42 Å². The molecule has 1 atom stereocenters. The molecule has 1 unspecified atom stereocenters. The maximum atomic E-state index is 12.2. The summed E-state index contributed by atoms with van der Waals surface area (Å²) in [5.41, 5.74) is 6.56. The number of nitrogens with one attached hydrogen (secondary N) is 1. The topological polar surface area (TPSA) is 62.1 Å². The molecule has 1 aromatic heterocycles. The van der Waals surface area contributed by atoms with Crippen LogP contribution >= 0.6 is 24.0 Å². The highest BCUT2D eigenvalue weighted by atomic mass is 35.5. The van der Waals surface area contributed by atoms with Crippen LogP contribution in [0.2, 0.25) is 5.02 Å². The van der Waals surface area contributed by atoms with E-state index in [0.29, 0.717) is 23.8 Å². The van der Waals surface area contributed by atoms with Crippen LogP contribution in [0.3, 0.4) is 0 Å². The lowest BCUT2D eigenvalue weighted by molar-refractivity contribution is 0.0528. The maximum absolute atomic E-state index is 12.2. The average Bonchev–Trinajstić information content (AvgIpc) is 2.68. The van der Waals surface area contributed by atoms with Crippen LogP contribution in [-0.2, 0) is 0 Å². The van der Waals surface area contributed by atoms with Gasteiger partial charge in [-0.1, -0.05) is 25.4 Å². The first kappa shape index (κ1) is 15.3. The van der Waals surface area contributed by atoms with Crippen molar-refractivity contribution in [2.45, 2.75) is 26.3 Å². The number of nitrogens with two attached hydrogens (primary N) is 1. The number of carbonyl (C=O) groups excluding carboxylic acids is 1.